The smallest absolute Gasteiger partial charge is 0.0524 e. The molecule has 1 heterocycles. The Kier molecular flexibility index (Phi) is 1.53. The normalized spacial score (nSPS) is 26.8. The molecule has 0 fully saturated rings. The van der Waals surface area contributed by atoms with Crippen molar-refractivity contribution in [3.8, 4) is 0 Å². The highest BCUT2D eigenvalue weighted by Gasteiger charge is 2.30. The maximum absolute atomic E-state index is 4.09. The molecule has 1 aliphatic rings. The van der Waals surface area contributed by atoms with Crippen molar-refractivity contribution in [1.82, 2.24) is 10.2 Å². The van der Waals surface area contributed by atoms with E-state index in [2.05, 4.69) is 31.0 Å². The summed E-state index contributed by atoms with van der Waals surface area (Å²) >= 11 is 0. The minimum Gasteiger partial charge on any atom is -0.282 e. The van der Waals surface area contributed by atoms with Gasteiger partial charge < -0.3 is 0 Å². The van der Waals surface area contributed by atoms with E-state index >= 15 is 0 Å². The molecule has 0 spiro atoms. The van der Waals surface area contributed by atoms with Crippen molar-refractivity contribution in [3.63, 3.8) is 0 Å². The summed E-state index contributed by atoms with van der Waals surface area (Å²) in [5.41, 5.74) is 3.21. The summed E-state index contributed by atoms with van der Waals surface area (Å²) in [6.07, 6.45) is 4.40. The number of fused-ring (bicyclic) bond motifs is 1. The van der Waals surface area contributed by atoms with Gasteiger partial charge in [0.25, 0.3) is 0 Å². The molecule has 0 saturated heterocycles. The lowest BCUT2D eigenvalue weighted by Crippen LogP contribution is -2.23. The van der Waals surface area contributed by atoms with Crippen molar-refractivity contribution >= 4 is 0 Å². The van der Waals surface area contributed by atoms with Crippen molar-refractivity contribution in [2.24, 2.45) is 5.41 Å². The van der Waals surface area contributed by atoms with Gasteiger partial charge in [-0.2, -0.15) is 5.10 Å². The molecule has 66 valence electrons. The molecule has 0 aliphatic heterocycles. The molecule has 0 radical (unpaired) electrons. The topological polar surface area (TPSA) is 28.7 Å². The second kappa shape index (κ2) is 2.35. The van der Waals surface area contributed by atoms with Gasteiger partial charge in [-0.05, 0) is 29.7 Å². The zero-order chi connectivity index (χ0) is 8.77. The van der Waals surface area contributed by atoms with Gasteiger partial charge in [0.2, 0.25) is 0 Å². The SMILES string of the molecule is C[C@@H]1CC(C)(C)Cc2[nH]ncc21. The number of hydrogen-bond donors (Lipinski definition) is 1. The van der Waals surface area contributed by atoms with E-state index in [0.29, 0.717) is 11.3 Å². The molecule has 1 aliphatic carbocycles. The predicted molar refractivity (Wildman–Crippen MR) is 49.1 cm³/mol. The first-order chi connectivity index (χ1) is 5.58. The minimum absolute atomic E-state index is 0.443. The van der Waals surface area contributed by atoms with E-state index in [1.807, 2.05) is 6.20 Å². The Hall–Kier alpha value is -0.790. The van der Waals surface area contributed by atoms with Crippen molar-refractivity contribution in [2.75, 3.05) is 0 Å². The van der Waals surface area contributed by atoms with E-state index < -0.39 is 0 Å². The van der Waals surface area contributed by atoms with E-state index in [-0.39, 0.29) is 0 Å². The molecule has 1 N–H and O–H groups in total. The Morgan fingerprint density at radius 1 is 1.58 bits per heavy atom. The molecular weight excluding hydrogens is 148 g/mol. The van der Waals surface area contributed by atoms with Crippen molar-refractivity contribution in [2.45, 2.75) is 39.5 Å². The third-order valence-electron chi connectivity index (χ3n) is 2.80. The Labute approximate surface area is 73.4 Å². The summed E-state index contributed by atoms with van der Waals surface area (Å²) in [5.74, 6) is 0.669. The maximum Gasteiger partial charge on any atom is 0.0524 e. The van der Waals surface area contributed by atoms with E-state index in [1.165, 1.54) is 17.7 Å². The van der Waals surface area contributed by atoms with Crippen molar-refractivity contribution in [1.29, 1.82) is 0 Å². The number of nitrogens with zero attached hydrogens (tertiary/aromatic N) is 1. The summed E-state index contributed by atoms with van der Waals surface area (Å²) in [5, 5.41) is 7.19. The quantitative estimate of drug-likeness (QED) is 0.627. The van der Waals surface area contributed by atoms with Crippen LogP contribution in [0.3, 0.4) is 0 Å². The van der Waals surface area contributed by atoms with Crippen LogP contribution in [0.25, 0.3) is 0 Å². The molecular formula is C10H16N2. The van der Waals surface area contributed by atoms with Crippen LogP contribution in [-0.4, -0.2) is 10.2 Å². The number of aromatic nitrogens is 2. The molecule has 1 aromatic heterocycles. The second-order valence-electron chi connectivity index (χ2n) is 4.75. The van der Waals surface area contributed by atoms with Crippen molar-refractivity contribution in [3.05, 3.63) is 17.5 Å². The fourth-order valence-corrected chi connectivity index (χ4v) is 2.38. The van der Waals surface area contributed by atoms with Gasteiger partial charge in [0, 0.05) is 5.69 Å². The molecule has 1 atom stereocenters. The highest BCUT2D eigenvalue weighted by Crippen LogP contribution is 2.40. The highest BCUT2D eigenvalue weighted by atomic mass is 15.1. The van der Waals surface area contributed by atoms with Gasteiger partial charge in [-0.1, -0.05) is 20.8 Å². The first kappa shape index (κ1) is 7.84. The number of aromatic amines is 1. The third-order valence-corrected chi connectivity index (χ3v) is 2.80. The monoisotopic (exact) mass is 164 g/mol. The predicted octanol–water partition coefficient (Wildman–Crippen LogP) is 2.49. The van der Waals surface area contributed by atoms with Crippen LogP contribution in [-0.2, 0) is 6.42 Å². The molecule has 0 unspecified atom stereocenters. The van der Waals surface area contributed by atoms with Gasteiger partial charge in [0.1, 0.15) is 0 Å². The molecule has 0 amide bonds. The summed E-state index contributed by atoms with van der Waals surface area (Å²) in [4.78, 5) is 0. The van der Waals surface area contributed by atoms with Gasteiger partial charge in [0.15, 0.2) is 0 Å². The maximum atomic E-state index is 4.09. The van der Waals surface area contributed by atoms with Crippen LogP contribution < -0.4 is 0 Å². The van der Waals surface area contributed by atoms with E-state index in [0.717, 1.165) is 6.42 Å². The van der Waals surface area contributed by atoms with Gasteiger partial charge >= 0.3 is 0 Å². The number of hydrogen-bond acceptors (Lipinski definition) is 1. The van der Waals surface area contributed by atoms with E-state index in [9.17, 15) is 0 Å². The fourth-order valence-electron chi connectivity index (χ4n) is 2.38. The molecule has 2 rings (SSSR count). The Bertz CT molecular complexity index is 286. The van der Waals surface area contributed by atoms with Crippen LogP contribution in [0.2, 0.25) is 0 Å². The molecule has 2 nitrogen and oxygen atoms in total. The van der Waals surface area contributed by atoms with Gasteiger partial charge in [-0.3, -0.25) is 5.10 Å². The molecule has 0 saturated carbocycles. The molecule has 2 heteroatoms. The Morgan fingerprint density at radius 3 is 3.08 bits per heavy atom. The standard InChI is InChI=1S/C10H16N2/c1-7-4-10(2,3)5-9-8(7)6-11-12-9/h6-7H,4-5H2,1-3H3,(H,11,12)/t7-/m1/s1. The second-order valence-corrected chi connectivity index (χ2v) is 4.75. The van der Waals surface area contributed by atoms with Crippen LogP contribution in [0.4, 0.5) is 0 Å². The van der Waals surface area contributed by atoms with E-state index in [4.69, 9.17) is 0 Å². The minimum atomic E-state index is 0.443. The largest absolute Gasteiger partial charge is 0.282 e. The summed E-state index contributed by atoms with van der Waals surface area (Å²) < 4.78 is 0. The Balaban J connectivity index is 2.38. The summed E-state index contributed by atoms with van der Waals surface area (Å²) in [6.45, 7) is 6.94. The first-order valence-electron chi connectivity index (χ1n) is 4.61. The van der Waals surface area contributed by atoms with Gasteiger partial charge in [-0.15, -0.1) is 0 Å². The van der Waals surface area contributed by atoms with Gasteiger partial charge in [0.05, 0.1) is 6.20 Å². The number of H-pyrrole nitrogens is 1. The van der Waals surface area contributed by atoms with Crippen LogP contribution in [0.15, 0.2) is 6.20 Å². The van der Waals surface area contributed by atoms with Crippen LogP contribution in [0.5, 0.6) is 0 Å². The van der Waals surface area contributed by atoms with Crippen LogP contribution in [0.1, 0.15) is 44.4 Å². The molecule has 0 aromatic carbocycles. The molecule has 1 aromatic rings. The molecule has 0 bridgehead atoms. The lowest BCUT2D eigenvalue weighted by atomic mass is 9.72. The third kappa shape index (κ3) is 1.15. The Morgan fingerprint density at radius 2 is 2.33 bits per heavy atom. The average molecular weight is 164 g/mol. The zero-order valence-corrected chi connectivity index (χ0v) is 8.02. The number of rotatable bonds is 0. The van der Waals surface area contributed by atoms with Crippen LogP contribution >= 0.6 is 0 Å². The highest BCUT2D eigenvalue weighted by molar-refractivity contribution is 5.25. The van der Waals surface area contributed by atoms with E-state index in [1.54, 1.807) is 0 Å². The fraction of sp³-hybridized carbons (Fsp3) is 0.700. The lowest BCUT2D eigenvalue weighted by molar-refractivity contribution is 0.285. The average Bonchev–Trinajstić information content (AvgIpc) is 2.31. The lowest BCUT2D eigenvalue weighted by Gasteiger charge is -2.32. The summed E-state index contributed by atoms with van der Waals surface area (Å²) in [7, 11) is 0. The zero-order valence-electron chi connectivity index (χ0n) is 8.02. The van der Waals surface area contributed by atoms with Crippen molar-refractivity contribution < 1.29 is 0 Å². The van der Waals surface area contributed by atoms with Crippen LogP contribution in [0, 0.1) is 5.41 Å². The molecule has 12 heavy (non-hydrogen) atoms. The summed E-state index contributed by atoms with van der Waals surface area (Å²) in [6, 6.07) is 0. The van der Waals surface area contributed by atoms with Gasteiger partial charge in [-0.25, -0.2) is 0 Å². The first-order valence-corrected chi connectivity index (χ1v) is 4.61. The number of nitrogens with one attached hydrogen (secondary N) is 1.